The van der Waals surface area contributed by atoms with Crippen LogP contribution in [0.15, 0.2) is 30.5 Å². The van der Waals surface area contributed by atoms with Gasteiger partial charge < -0.3 is 10.2 Å². The average Bonchev–Trinajstić information content (AvgIpc) is 3.16. The van der Waals surface area contributed by atoms with Gasteiger partial charge in [0.1, 0.15) is 0 Å². The molecule has 1 saturated heterocycles. The predicted molar refractivity (Wildman–Crippen MR) is 101 cm³/mol. The van der Waals surface area contributed by atoms with E-state index in [1.54, 1.807) is 6.20 Å². The highest BCUT2D eigenvalue weighted by atomic mass is 16.2. The van der Waals surface area contributed by atoms with Crippen LogP contribution < -0.4 is 10.6 Å². The number of rotatable bonds is 3. The third kappa shape index (κ3) is 3.88. The van der Waals surface area contributed by atoms with Crippen LogP contribution in [0.25, 0.3) is 0 Å². The van der Waals surface area contributed by atoms with Gasteiger partial charge >= 0.3 is 0 Å². The minimum Gasteiger partial charge on any atom is -0.352 e. The number of benzene rings is 1. The predicted octanol–water partition coefficient (Wildman–Crippen LogP) is 1.15. The van der Waals surface area contributed by atoms with E-state index >= 15 is 0 Å². The fourth-order valence-electron chi connectivity index (χ4n) is 3.78. The number of likely N-dealkylation sites (tertiary alicyclic amines) is 1. The number of H-pyrrole nitrogens is 1. The number of nitrogens with one attached hydrogen (secondary N) is 3. The van der Waals surface area contributed by atoms with E-state index in [0.29, 0.717) is 26.1 Å². The standard InChI is InChI=1S/C20H25N5O2/c1-13-2-4-14(5-3-13)20(27)25-8-6-16(7-9-25)23-19(26)17-10-15-11-22-24-18(15)12-21-17/h2-5,11,16-17,21H,6-10,12H2,1H3,(H,22,24)(H,23,26). The number of aryl methyl sites for hydroxylation is 1. The van der Waals surface area contributed by atoms with Crippen molar-refractivity contribution in [2.24, 2.45) is 0 Å². The van der Waals surface area contributed by atoms with Crippen molar-refractivity contribution in [2.75, 3.05) is 13.1 Å². The molecule has 4 rings (SSSR count). The largest absolute Gasteiger partial charge is 0.352 e. The van der Waals surface area contributed by atoms with E-state index < -0.39 is 0 Å². The Morgan fingerprint density at radius 3 is 2.67 bits per heavy atom. The van der Waals surface area contributed by atoms with E-state index in [2.05, 4.69) is 20.8 Å². The van der Waals surface area contributed by atoms with Crippen molar-refractivity contribution in [3.8, 4) is 0 Å². The molecule has 1 aromatic carbocycles. The maximum absolute atomic E-state index is 12.6. The third-order valence-electron chi connectivity index (χ3n) is 5.50. The Hall–Kier alpha value is -2.67. The molecule has 2 amide bonds. The van der Waals surface area contributed by atoms with Crippen LogP contribution in [0.2, 0.25) is 0 Å². The van der Waals surface area contributed by atoms with Crippen LogP contribution in [-0.2, 0) is 17.8 Å². The second-order valence-corrected chi connectivity index (χ2v) is 7.45. The third-order valence-corrected chi connectivity index (χ3v) is 5.50. The number of piperidine rings is 1. The quantitative estimate of drug-likeness (QED) is 0.759. The lowest BCUT2D eigenvalue weighted by atomic mass is 9.99. The summed E-state index contributed by atoms with van der Waals surface area (Å²) in [5.41, 5.74) is 4.03. The molecule has 3 heterocycles. The Morgan fingerprint density at radius 2 is 1.93 bits per heavy atom. The molecule has 1 atom stereocenters. The monoisotopic (exact) mass is 367 g/mol. The summed E-state index contributed by atoms with van der Waals surface area (Å²) in [5.74, 6) is 0.103. The number of amides is 2. The normalized spacial score (nSPS) is 20.2. The summed E-state index contributed by atoms with van der Waals surface area (Å²) in [6, 6.07) is 7.58. The topological polar surface area (TPSA) is 90.1 Å². The van der Waals surface area contributed by atoms with Gasteiger partial charge in [-0.1, -0.05) is 17.7 Å². The van der Waals surface area contributed by atoms with Gasteiger partial charge in [0.2, 0.25) is 5.91 Å². The minimum atomic E-state index is -0.220. The Morgan fingerprint density at radius 1 is 1.19 bits per heavy atom. The van der Waals surface area contributed by atoms with Crippen LogP contribution >= 0.6 is 0 Å². The molecule has 3 N–H and O–H groups in total. The van der Waals surface area contributed by atoms with Gasteiger partial charge in [-0.2, -0.15) is 5.10 Å². The van der Waals surface area contributed by atoms with Gasteiger partial charge in [0.25, 0.3) is 5.91 Å². The zero-order valence-electron chi connectivity index (χ0n) is 15.5. The molecule has 0 bridgehead atoms. The van der Waals surface area contributed by atoms with E-state index in [1.165, 1.54) is 0 Å². The van der Waals surface area contributed by atoms with Crippen LogP contribution in [0, 0.1) is 6.92 Å². The van der Waals surface area contributed by atoms with Crippen LogP contribution in [0.4, 0.5) is 0 Å². The molecule has 1 aromatic heterocycles. The molecular weight excluding hydrogens is 342 g/mol. The Bertz CT molecular complexity index is 821. The Kier molecular flexibility index (Phi) is 4.94. The van der Waals surface area contributed by atoms with E-state index in [4.69, 9.17) is 0 Å². The van der Waals surface area contributed by atoms with Crippen LogP contribution in [0.1, 0.15) is 40.0 Å². The van der Waals surface area contributed by atoms with Gasteiger partial charge in [0.15, 0.2) is 0 Å². The first-order valence-corrected chi connectivity index (χ1v) is 9.51. The van der Waals surface area contributed by atoms with Crippen molar-refractivity contribution >= 4 is 11.8 Å². The Labute approximate surface area is 158 Å². The maximum Gasteiger partial charge on any atom is 0.253 e. The van der Waals surface area contributed by atoms with Crippen molar-refractivity contribution in [3.63, 3.8) is 0 Å². The molecule has 142 valence electrons. The lowest BCUT2D eigenvalue weighted by molar-refractivity contribution is -0.124. The molecule has 2 aromatic rings. The summed E-state index contributed by atoms with van der Waals surface area (Å²) in [4.78, 5) is 27.1. The van der Waals surface area contributed by atoms with Crippen molar-refractivity contribution in [3.05, 3.63) is 52.8 Å². The fourth-order valence-corrected chi connectivity index (χ4v) is 3.78. The number of hydrogen-bond donors (Lipinski definition) is 3. The average molecular weight is 367 g/mol. The molecule has 7 nitrogen and oxygen atoms in total. The summed E-state index contributed by atoms with van der Waals surface area (Å²) < 4.78 is 0. The lowest BCUT2D eigenvalue weighted by Gasteiger charge is -2.33. The van der Waals surface area contributed by atoms with Gasteiger partial charge in [-0.3, -0.25) is 20.0 Å². The summed E-state index contributed by atoms with van der Waals surface area (Å²) >= 11 is 0. The molecule has 1 fully saturated rings. The number of fused-ring (bicyclic) bond motifs is 1. The summed E-state index contributed by atoms with van der Waals surface area (Å²) in [6.07, 6.45) is 4.02. The van der Waals surface area contributed by atoms with Crippen LogP contribution in [0.5, 0.6) is 0 Å². The fraction of sp³-hybridized carbons (Fsp3) is 0.450. The number of aromatic amines is 1. The second kappa shape index (κ2) is 7.52. The van der Waals surface area contributed by atoms with E-state index in [-0.39, 0.29) is 23.9 Å². The van der Waals surface area contributed by atoms with Crippen molar-refractivity contribution in [1.82, 2.24) is 25.7 Å². The summed E-state index contributed by atoms with van der Waals surface area (Å²) in [5, 5.41) is 13.4. The van der Waals surface area contributed by atoms with E-state index in [9.17, 15) is 9.59 Å². The highest BCUT2D eigenvalue weighted by molar-refractivity contribution is 5.94. The zero-order chi connectivity index (χ0) is 18.8. The van der Waals surface area contributed by atoms with E-state index in [0.717, 1.165) is 35.2 Å². The molecule has 27 heavy (non-hydrogen) atoms. The highest BCUT2D eigenvalue weighted by Gasteiger charge is 2.29. The van der Waals surface area contributed by atoms with Gasteiger partial charge in [-0.15, -0.1) is 0 Å². The van der Waals surface area contributed by atoms with Crippen molar-refractivity contribution < 1.29 is 9.59 Å². The molecule has 2 aliphatic rings. The van der Waals surface area contributed by atoms with Crippen LogP contribution in [0.3, 0.4) is 0 Å². The van der Waals surface area contributed by atoms with Crippen molar-refractivity contribution in [2.45, 2.75) is 44.8 Å². The zero-order valence-corrected chi connectivity index (χ0v) is 15.5. The molecule has 1 unspecified atom stereocenters. The first-order chi connectivity index (χ1) is 13.1. The van der Waals surface area contributed by atoms with Gasteiger partial charge in [0.05, 0.1) is 17.9 Å². The molecule has 0 radical (unpaired) electrons. The molecule has 0 saturated carbocycles. The molecular formula is C20H25N5O2. The summed E-state index contributed by atoms with van der Waals surface area (Å²) in [6.45, 7) is 3.98. The number of nitrogens with zero attached hydrogens (tertiary/aromatic N) is 2. The molecule has 7 heteroatoms. The lowest BCUT2D eigenvalue weighted by Crippen LogP contribution is -2.53. The Balaban J connectivity index is 1.27. The van der Waals surface area contributed by atoms with Gasteiger partial charge in [0, 0.05) is 37.7 Å². The minimum absolute atomic E-state index is 0.0326. The SMILES string of the molecule is Cc1ccc(C(=O)N2CCC(NC(=O)C3Cc4cn[nH]c4CN3)CC2)cc1. The van der Waals surface area contributed by atoms with Crippen molar-refractivity contribution in [1.29, 1.82) is 0 Å². The number of aromatic nitrogens is 2. The molecule has 0 aliphatic carbocycles. The number of carbonyl (C=O) groups excluding carboxylic acids is 2. The maximum atomic E-state index is 12.6. The number of hydrogen-bond acceptors (Lipinski definition) is 4. The second-order valence-electron chi connectivity index (χ2n) is 7.45. The van der Waals surface area contributed by atoms with E-state index in [1.807, 2.05) is 36.1 Å². The summed E-state index contributed by atoms with van der Waals surface area (Å²) in [7, 11) is 0. The van der Waals surface area contributed by atoms with Gasteiger partial charge in [-0.25, -0.2) is 0 Å². The van der Waals surface area contributed by atoms with Gasteiger partial charge in [-0.05, 0) is 37.5 Å². The van der Waals surface area contributed by atoms with Crippen LogP contribution in [-0.4, -0.2) is 52.1 Å². The number of carbonyl (C=O) groups is 2. The first-order valence-electron chi connectivity index (χ1n) is 9.51. The molecule has 0 spiro atoms. The molecule has 2 aliphatic heterocycles. The first kappa shape index (κ1) is 17.7. The smallest absolute Gasteiger partial charge is 0.253 e. The highest BCUT2D eigenvalue weighted by Crippen LogP contribution is 2.17.